The van der Waals surface area contributed by atoms with E-state index in [0.717, 1.165) is 11.5 Å². The molecular weight excluding hydrogens is 152 g/mol. The zero-order valence-corrected chi connectivity index (χ0v) is 6.86. The van der Waals surface area contributed by atoms with Crippen molar-refractivity contribution in [2.45, 2.75) is 20.4 Å². The van der Waals surface area contributed by atoms with Gasteiger partial charge in [-0.3, -0.25) is 0 Å². The van der Waals surface area contributed by atoms with Gasteiger partial charge in [0.15, 0.2) is 5.89 Å². The fraction of sp³-hybridized carbons (Fsp3) is 0.500. The number of aromatic nitrogens is 1. The Kier molecular flexibility index (Phi) is 3.39. The van der Waals surface area contributed by atoms with Gasteiger partial charge in [0.2, 0.25) is 0 Å². The zero-order valence-electron chi connectivity index (χ0n) is 6.05. The SMILES string of the molecule is Cc1nc(C)c(CN)o1.Cl. The van der Waals surface area contributed by atoms with Gasteiger partial charge in [0.1, 0.15) is 5.76 Å². The number of hydrogen-bond donors (Lipinski definition) is 1. The fourth-order valence-electron chi connectivity index (χ4n) is 0.763. The smallest absolute Gasteiger partial charge is 0.191 e. The van der Waals surface area contributed by atoms with Gasteiger partial charge in [0.05, 0.1) is 12.2 Å². The van der Waals surface area contributed by atoms with Crippen LogP contribution in [0.25, 0.3) is 0 Å². The number of halogens is 1. The van der Waals surface area contributed by atoms with Gasteiger partial charge in [-0.15, -0.1) is 12.4 Å². The van der Waals surface area contributed by atoms with Gasteiger partial charge in [-0.1, -0.05) is 0 Å². The molecule has 1 aromatic rings. The van der Waals surface area contributed by atoms with E-state index in [0.29, 0.717) is 12.4 Å². The van der Waals surface area contributed by atoms with Crippen LogP contribution in [0.5, 0.6) is 0 Å². The molecule has 0 fully saturated rings. The molecule has 0 aromatic carbocycles. The van der Waals surface area contributed by atoms with Crippen LogP contribution in [0.2, 0.25) is 0 Å². The minimum atomic E-state index is 0. The van der Waals surface area contributed by atoms with Crippen molar-refractivity contribution in [1.82, 2.24) is 4.98 Å². The Morgan fingerprint density at radius 2 is 2.10 bits per heavy atom. The summed E-state index contributed by atoms with van der Waals surface area (Å²) in [6.45, 7) is 4.14. The van der Waals surface area contributed by atoms with Crippen molar-refractivity contribution in [3.8, 4) is 0 Å². The summed E-state index contributed by atoms with van der Waals surface area (Å²) in [6, 6.07) is 0. The van der Waals surface area contributed by atoms with Crippen molar-refractivity contribution >= 4 is 12.4 Å². The second-order valence-corrected chi connectivity index (χ2v) is 1.95. The first-order valence-electron chi connectivity index (χ1n) is 2.87. The Bertz CT molecular complexity index is 210. The zero-order chi connectivity index (χ0) is 6.85. The van der Waals surface area contributed by atoms with Crippen molar-refractivity contribution in [1.29, 1.82) is 0 Å². The predicted octanol–water partition coefficient (Wildman–Crippen LogP) is 1.17. The summed E-state index contributed by atoms with van der Waals surface area (Å²) in [4.78, 5) is 4.04. The molecule has 10 heavy (non-hydrogen) atoms. The number of aryl methyl sites for hydroxylation is 2. The monoisotopic (exact) mass is 162 g/mol. The maximum absolute atomic E-state index is 5.33. The molecule has 1 rings (SSSR count). The third kappa shape index (κ3) is 1.72. The van der Waals surface area contributed by atoms with E-state index in [-0.39, 0.29) is 12.4 Å². The van der Waals surface area contributed by atoms with Gasteiger partial charge in [0.25, 0.3) is 0 Å². The van der Waals surface area contributed by atoms with Crippen LogP contribution in [0, 0.1) is 13.8 Å². The highest BCUT2D eigenvalue weighted by Crippen LogP contribution is 2.06. The van der Waals surface area contributed by atoms with Crippen LogP contribution < -0.4 is 5.73 Å². The minimum Gasteiger partial charge on any atom is -0.444 e. The van der Waals surface area contributed by atoms with E-state index in [1.165, 1.54) is 0 Å². The summed E-state index contributed by atoms with van der Waals surface area (Å²) in [6.07, 6.45) is 0. The first-order valence-corrected chi connectivity index (χ1v) is 2.87. The Balaban J connectivity index is 0.000000810. The van der Waals surface area contributed by atoms with Crippen molar-refractivity contribution in [3.05, 3.63) is 17.3 Å². The lowest BCUT2D eigenvalue weighted by molar-refractivity contribution is 0.475. The Morgan fingerprint density at radius 1 is 1.50 bits per heavy atom. The Labute approximate surface area is 66.0 Å². The number of nitrogens with zero attached hydrogens (tertiary/aromatic N) is 1. The van der Waals surface area contributed by atoms with E-state index in [2.05, 4.69) is 4.98 Å². The molecule has 0 aliphatic carbocycles. The third-order valence-electron chi connectivity index (χ3n) is 1.18. The average Bonchev–Trinajstić information content (AvgIpc) is 2.10. The summed E-state index contributed by atoms with van der Waals surface area (Å²) in [7, 11) is 0. The lowest BCUT2D eigenvalue weighted by Crippen LogP contribution is -1.95. The predicted molar refractivity (Wildman–Crippen MR) is 41.1 cm³/mol. The molecule has 0 bridgehead atoms. The maximum atomic E-state index is 5.33. The van der Waals surface area contributed by atoms with Crippen molar-refractivity contribution in [2.24, 2.45) is 5.73 Å². The molecule has 3 nitrogen and oxygen atoms in total. The first-order chi connectivity index (χ1) is 4.24. The largest absolute Gasteiger partial charge is 0.444 e. The molecule has 0 spiro atoms. The van der Waals surface area contributed by atoms with Crippen LogP contribution >= 0.6 is 12.4 Å². The molecule has 0 radical (unpaired) electrons. The summed E-state index contributed by atoms with van der Waals surface area (Å²) in [5, 5.41) is 0. The summed E-state index contributed by atoms with van der Waals surface area (Å²) >= 11 is 0. The number of rotatable bonds is 1. The van der Waals surface area contributed by atoms with E-state index in [1.807, 2.05) is 13.8 Å². The quantitative estimate of drug-likeness (QED) is 0.675. The lowest BCUT2D eigenvalue weighted by atomic mass is 10.4. The lowest BCUT2D eigenvalue weighted by Gasteiger charge is -1.85. The molecule has 0 saturated heterocycles. The van der Waals surface area contributed by atoms with Gasteiger partial charge < -0.3 is 10.2 Å². The minimum absolute atomic E-state index is 0. The highest BCUT2D eigenvalue weighted by molar-refractivity contribution is 5.85. The first kappa shape index (κ1) is 9.46. The molecule has 2 N–H and O–H groups in total. The van der Waals surface area contributed by atoms with Gasteiger partial charge in [-0.05, 0) is 6.92 Å². The molecule has 4 heteroatoms. The van der Waals surface area contributed by atoms with Crippen molar-refractivity contribution in [2.75, 3.05) is 0 Å². The van der Waals surface area contributed by atoms with Gasteiger partial charge in [-0.2, -0.15) is 0 Å². The highest BCUT2D eigenvalue weighted by Gasteiger charge is 2.01. The molecule has 0 saturated carbocycles. The summed E-state index contributed by atoms with van der Waals surface area (Å²) in [5.41, 5.74) is 6.23. The molecule has 0 amide bonds. The molecule has 1 aromatic heterocycles. The summed E-state index contributed by atoms with van der Waals surface area (Å²) < 4.78 is 5.13. The van der Waals surface area contributed by atoms with Crippen molar-refractivity contribution in [3.63, 3.8) is 0 Å². The standard InChI is InChI=1S/C6H10N2O.ClH/c1-4-6(3-7)9-5(2)8-4;/h3,7H2,1-2H3;1H. The van der Waals surface area contributed by atoms with Gasteiger partial charge in [-0.25, -0.2) is 4.98 Å². The van der Waals surface area contributed by atoms with E-state index in [1.54, 1.807) is 0 Å². The average molecular weight is 163 g/mol. The van der Waals surface area contributed by atoms with Crippen LogP contribution in [0.3, 0.4) is 0 Å². The fourth-order valence-corrected chi connectivity index (χ4v) is 0.763. The highest BCUT2D eigenvalue weighted by atomic mass is 35.5. The van der Waals surface area contributed by atoms with Gasteiger partial charge in [0, 0.05) is 6.92 Å². The topological polar surface area (TPSA) is 52.0 Å². The van der Waals surface area contributed by atoms with Crippen molar-refractivity contribution < 1.29 is 4.42 Å². The normalized spacial score (nSPS) is 9.10. The molecule has 0 aliphatic rings. The van der Waals surface area contributed by atoms with Crippen LogP contribution in [-0.4, -0.2) is 4.98 Å². The van der Waals surface area contributed by atoms with Crippen LogP contribution in [-0.2, 0) is 6.54 Å². The van der Waals surface area contributed by atoms with E-state index < -0.39 is 0 Å². The number of oxazole rings is 1. The molecular formula is C6H11ClN2O. The number of hydrogen-bond acceptors (Lipinski definition) is 3. The third-order valence-corrected chi connectivity index (χ3v) is 1.18. The van der Waals surface area contributed by atoms with E-state index in [9.17, 15) is 0 Å². The summed E-state index contributed by atoms with van der Waals surface area (Å²) in [5.74, 6) is 1.47. The molecule has 0 atom stereocenters. The Hall–Kier alpha value is -0.540. The molecule has 0 aliphatic heterocycles. The molecule has 58 valence electrons. The Morgan fingerprint density at radius 3 is 2.30 bits per heavy atom. The number of nitrogens with two attached hydrogens (primary N) is 1. The molecule has 0 unspecified atom stereocenters. The second-order valence-electron chi connectivity index (χ2n) is 1.95. The van der Waals surface area contributed by atoms with E-state index in [4.69, 9.17) is 10.2 Å². The van der Waals surface area contributed by atoms with Crippen LogP contribution in [0.15, 0.2) is 4.42 Å². The maximum Gasteiger partial charge on any atom is 0.191 e. The van der Waals surface area contributed by atoms with Crippen LogP contribution in [0.1, 0.15) is 17.3 Å². The second kappa shape index (κ2) is 3.58. The van der Waals surface area contributed by atoms with Gasteiger partial charge >= 0.3 is 0 Å². The van der Waals surface area contributed by atoms with Crippen LogP contribution in [0.4, 0.5) is 0 Å². The molecule has 1 heterocycles. The van der Waals surface area contributed by atoms with E-state index >= 15 is 0 Å².